The number of anilines is 1. The first-order valence-electron chi connectivity index (χ1n) is 7.06. The number of fused-ring (bicyclic) bond motifs is 1. The van der Waals surface area contributed by atoms with Crippen molar-refractivity contribution in [1.29, 1.82) is 0 Å². The summed E-state index contributed by atoms with van der Waals surface area (Å²) in [6.45, 7) is 0. The van der Waals surface area contributed by atoms with Crippen LogP contribution in [0.4, 0.5) is 10.1 Å². The maximum atomic E-state index is 13.5. The molecule has 23 heavy (non-hydrogen) atoms. The van der Waals surface area contributed by atoms with Gasteiger partial charge < -0.3 is 5.32 Å². The smallest absolute Gasteiger partial charge is 0.191 e. The van der Waals surface area contributed by atoms with Crippen molar-refractivity contribution < 1.29 is 4.39 Å². The number of benzene rings is 3. The maximum absolute atomic E-state index is 13.5. The van der Waals surface area contributed by atoms with E-state index in [0.717, 1.165) is 16.3 Å². The molecular weight excluding hydrogens is 309 g/mol. The summed E-state index contributed by atoms with van der Waals surface area (Å²) >= 11 is 5.10. The molecule has 0 aliphatic rings. The summed E-state index contributed by atoms with van der Waals surface area (Å²) in [6.07, 6.45) is 1.69. The van der Waals surface area contributed by atoms with Crippen LogP contribution in [0.2, 0.25) is 0 Å². The molecule has 0 aliphatic heterocycles. The standard InChI is InChI=1S/C18H14FN3S/c19-16-10-3-4-11-17(16)21-18(23)22-20-12-14-8-5-7-13-6-1-2-9-15(13)14/h1-12H,(H2,21,22,23). The normalized spacial score (nSPS) is 10.8. The van der Waals surface area contributed by atoms with Gasteiger partial charge in [-0.3, -0.25) is 5.43 Å². The molecule has 2 N–H and O–H groups in total. The van der Waals surface area contributed by atoms with Gasteiger partial charge in [0.2, 0.25) is 0 Å². The minimum absolute atomic E-state index is 0.228. The zero-order valence-corrected chi connectivity index (χ0v) is 13.0. The van der Waals surface area contributed by atoms with Gasteiger partial charge in [-0.15, -0.1) is 0 Å². The fourth-order valence-corrected chi connectivity index (χ4v) is 2.40. The van der Waals surface area contributed by atoms with Crippen LogP contribution in [0.25, 0.3) is 10.8 Å². The monoisotopic (exact) mass is 323 g/mol. The van der Waals surface area contributed by atoms with Crippen molar-refractivity contribution in [2.24, 2.45) is 5.10 Å². The van der Waals surface area contributed by atoms with Crippen LogP contribution in [-0.4, -0.2) is 11.3 Å². The molecule has 3 aromatic carbocycles. The molecule has 0 spiro atoms. The Balaban J connectivity index is 1.69. The molecule has 3 aromatic rings. The van der Waals surface area contributed by atoms with E-state index >= 15 is 0 Å². The highest BCUT2D eigenvalue weighted by molar-refractivity contribution is 7.80. The van der Waals surface area contributed by atoms with Crippen molar-refractivity contribution in [2.45, 2.75) is 0 Å². The van der Waals surface area contributed by atoms with Crippen LogP contribution in [-0.2, 0) is 0 Å². The third-order valence-electron chi connectivity index (χ3n) is 3.32. The number of nitrogens with one attached hydrogen (secondary N) is 2. The van der Waals surface area contributed by atoms with E-state index in [0.29, 0.717) is 5.69 Å². The van der Waals surface area contributed by atoms with E-state index in [1.54, 1.807) is 24.4 Å². The van der Waals surface area contributed by atoms with E-state index in [9.17, 15) is 4.39 Å². The van der Waals surface area contributed by atoms with Crippen LogP contribution in [0.3, 0.4) is 0 Å². The molecular formula is C18H14FN3S. The molecule has 0 unspecified atom stereocenters. The van der Waals surface area contributed by atoms with Gasteiger partial charge in [0.05, 0.1) is 11.9 Å². The van der Waals surface area contributed by atoms with E-state index < -0.39 is 0 Å². The van der Waals surface area contributed by atoms with Gasteiger partial charge in [0.25, 0.3) is 0 Å². The molecule has 0 fully saturated rings. The van der Waals surface area contributed by atoms with Crippen LogP contribution in [0, 0.1) is 5.82 Å². The topological polar surface area (TPSA) is 36.4 Å². The van der Waals surface area contributed by atoms with Crippen LogP contribution < -0.4 is 10.7 Å². The fraction of sp³-hybridized carbons (Fsp3) is 0. The minimum Gasteiger partial charge on any atom is -0.329 e. The third-order valence-corrected chi connectivity index (χ3v) is 3.51. The Morgan fingerprint density at radius 3 is 2.57 bits per heavy atom. The summed E-state index contributed by atoms with van der Waals surface area (Å²) in [5.41, 5.74) is 3.98. The summed E-state index contributed by atoms with van der Waals surface area (Å²) in [5.74, 6) is -0.366. The highest BCUT2D eigenvalue weighted by atomic mass is 32.1. The lowest BCUT2D eigenvalue weighted by molar-refractivity contribution is 0.632. The third kappa shape index (κ3) is 3.70. The molecule has 0 bridgehead atoms. The molecule has 3 nitrogen and oxygen atoms in total. The summed E-state index contributed by atoms with van der Waals surface area (Å²) in [6, 6.07) is 20.4. The van der Waals surface area contributed by atoms with Crippen molar-refractivity contribution in [3.8, 4) is 0 Å². The number of hydrazone groups is 1. The number of para-hydroxylation sites is 1. The first-order chi connectivity index (χ1) is 11.2. The maximum Gasteiger partial charge on any atom is 0.191 e. The first-order valence-corrected chi connectivity index (χ1v) is 7.47. The van der Waals surface area contributed by atoms with Gasteiger partial charge in [-0.2, -0.15) is 5.10 Å². The Labute approximate surface area is 138 Å². The Morgan fingerprint density at radius 2 is 1.70 bits per heavy atom. The number of nitrogens with zero attached hydrogens (tertiary/aromatic N) is 1. The molecule has 0 radical (unpaired) electrons. The minimum atomic E-state index is -0.366. The van der Waals surface area contributed by atoms with E-state index in [-0.39, 0.29) is 10.9 Å². The largest absolute Gasteiger partial charge is 0.329 e. The second kappa shape index (κ2) is 6.98. The predicted octanol–water partition coefficient (Wildman–Crippen LogP) is 4.30. The van der Waals surface area contributed by atoms with Gasteiger partial charge in [-0.1, -0.05) is 54.6 Å². The van der Waals surface area contributed by atoms with Gasteiger partial charge in [-0.25, -0.2) is 4.39 Å². The Bertz CT molecular complexity index is 872. The number of halogens is 1. The highest BCUT2D eigenvalue weighted by Gasteiger charge is 2.02. The van der Waals surface area contributed by atoms with Crippen LogP contribution in [0.5, 0.6) is 0 Å². The molecule has 0 saturated carbocycles. The number of hydrogen-bond acceptors (Lipinski definition) is 2. The summed E-state index contributed by atoms with van der Waals surface area (Å²) < 4.78 is 13.5. The Hall–Kier alpha value is -2.79. The molecule has 114 valence electrons. The lowest BCUT2D eigenvalue weighted by Crippen LogP contribution is -2.24. The average Bonchev–Trinajstić information content (AvgIpc) is 2.57. The average molecular weight is 323 g/mol. The van der Waals surface area contributed by atoms with Gasteiger partial charge in [0.1, 0.15) is 5.82 Å². The molecule has 0 amide bonds. The summed E-state index contributed by atoms with van der Waals surface area (Å²) in [4.78, 5) is 0. The Morgan fingerprint density at radius 1 is 0.957 bits per heavy atom. The van der Waals surface area contributed by atoms with Crippen molar-refractivity contribution in [2.75, 3.05) is 5.32 Å². The lowest BCUT2D eigenvalue weighted by atomic mass is 10.1. The van der Waals surface area contributed by atoms with Gasteiger partial charge in [0.15, 0.2) is 5.11 Å². The SMILES string of the molecule is Fc1ccccc1NC(=S)NN=Cc1cccc2ccccc12. The predicted molar refractivity (Wildman–Crippen MR) is 97.3 cm³/mol. The van der Waals surface area contributed by atoms with Crippen molar-refractivity contribution >= 4 is 40.0 Å². The van der Waals surface area contributed by atoms with Gasteiger partial charge in [0, 0.05) is 5.56 Å². The van der Waals surface area contributed by atoms with E-state index in [4.69, 9.17) is 12.2 Å². The second-order valence-electron chi connectivity index (χ2n) is 4.87. The molecule has 0 aromatic heterocycles. The molecule has 0 atom stereocenters. The molecule has 3 rings (SSSR count). The van der Waals surface area contributed by atoms with Crippen molar-refractivity contribution in [3.63, 3.8) is 0 Å². The molecule has 0 saturated heterocycles. The second-order valence-corrected chi connectivity index (χ2v) is 5.28. The summed E-state index contributed by atoms with van der Waals surface area (Å²) in [5, 5.41) is 9.36. The zero-order valence-electron chi connectivity index (χ0n) is 12.2. The van der Waals surface area contributed by atoms with Crippen molar-refractivity contribution in [3.05, 3.63) is 78.1 Å². The summed E-state index contributed by atoms with van der Waals surface area (Å²) in [7, 11) is 0. The number of thiocarbonyl (C=S) groups is 1. The molecule has 0 heterocycles. The van der Waals surface area contributed by atoms with Crippen LogP contribution >= 0.6 is 12.2 Å². The van der Waals surface area contributed by atoms with E-state index in [2.05, 4.69) is 15.8 Å². The van der Waals surface area contributed by atoms with Crippen LogP contribution in [0.1, 0.15) is 5.56 Å². The first kappa shape index (κ1) is 15.1. The molecule has 5 heteroatoms. The van der Waals surface area contributed by atoms with E-state index in [1.165, 1.54) is 6.07 Å². The van der Waals surface area contributed by atoms with Gasteiger partial charge in [-0.05, 0) is 35.1 Å². The van der Waals surface area contributed by atoms with Gasteiger partial charge >= 0.3 is 0 Å². The van der Waals surface area contributed by atoms with Crippen LogP contribution in [0.15, 0.2) is 71.8 Å². The number of hydrogen-bond donors (Lipinski definition) is 2. The van der Waals surface area contributed by atoms with Crippen molar-refractivity contribution in [1.82, 2.24) is 5.43 Å². The fourth-order valence-electron chi connectivity index (χ4n) is 2.24. The lowest BCUT2D eigenvalue weighted by Gasteiger charge is -2.07. The molecule has 0 aliphatic carbocycles. The Kier molecular flexibility index (Phi) is 4.59. The number of rotatable bonds is 3. The highest BCUT2D eigenvalue weighted by Crippen LogP contribution is 2.16. The van der Waals surface area contributed by atoms with E-state index in [1.807, 2.05) is 42.5 Å². The zero-order chi connectivity index (χ0) is 16.1. The quantitative estimate of drug-likeness (QED) is 0.429.